The molecule has 0 spiro atoms. The zero-order valence-corrected chi connectivity index (χ0v) is 9.60. The number of hydrogen-bond donors (Lipinski definition) is 1. The second-order valence-corrected chi connectivity index (χ2v) is 3.78. The molecule has 0 bridgehead atoms. The van der Waals surface area contributed by atoms with Crippen molar-refractivity contribution in [2.75, 3.05) is 7.11 Å². The lowest BCUT2D eigenvalue weighted by Gasteiger charge is -2.12. The summed E-state index contributed by atoms with van der Waals surface area (Å²) < 4.78 is 6.13. The lowest BCUT2D eigenvalue weighted by atomic mass is 10.1. The van der Waals surface area contributed by atoms with Crippen molar-refractivity contribution in [3.8, 4) is 5.75 Å². The number of aryl methyl sites for hydroxylation is 1. The van der Waals surface area contributed by atoms with E-state index in [1.807, 2.05) is 19.9 Å². The Kier molecular flexibility index (Phi) is 3.33. The van der Waals surface area contributed by atoms with Gasteiger partial charge in [-0.2, -0.15) is 0 Å². The summed E-state index contributed by atoms with van der Waals surface area (Å²) in [7, 11) is 1.61. The summed E-state index contributed by atoms with van der Waals surface area (Å²) in [5, 5.41) is 9.09. The Morgan fingerprint density at radius 2 is 2.08 bits per heavy atom. The maximum absolute atomic E-state index is 9.09. The van der Waals surface area contributed by atoms with E-state index < -0.39 is 0 Å². The van der Waals surface area contributed by atoms with Crippen molar-refractivity contribution in [3.63, 3.8) is 0 Å². The molecule has 1 N–H and O–H groups in total. The van der Waals surface area contributed by atoms with Gasteiger partial charge in [-0.25, -0.2) is 0 Å². The predicted molar refractivity (Wildman–Crippen MR) is 56.1 cm³/mol. The monoisotopic (exact) mass is 244 g/mol. The zero-order valence-electron chi connectivity index (χ0n) is 8.02. The van der Waals surface area contributed by atoms with Gasteiger partial charge in [-0.15, -0.1) is 0 Å². The van der Waals surface area contributed by atoms with Gasteiger partial charge in [0.1, 0.15) is 5.75 Å². The minimum Gasteiger partial charge on any atom is -0.495 e. The average Bonchev–Trinajstić information content (AvgIpc) is 2.13. The van der Waals surface area contributed by atoms with E-state index in [4.69, 9.17) is 9.84 Å². The molecule has 0 amide bonds. The number of halogens is 1. The smallest absolute Gasteiger partial charge is 0.138 e. The fraction of sp³-hybridized carbons (Fsp3) is 0.400. The summed E-state index contributed by atoms with van der Waals surface area (Å²) in [6.45, 7) is 4.03. The Morgan fingerprint density at radius 3 is 2.54 bits per heavy atom. The van der Waals surface area contributed by atoms with E-state index in [0.717, 1.165) is 26.9 Å². The van der Waals surface area contributed by atoms with Crippen LogP contribution in [0.4, 0.5) is 0 Å². The van der Waals surface area contributed by atoms with Gasteiger partial charge in [0.05, 0.1) is 18.2 Å². The molecule has 0 aliphatic rings. The maximum atomic E-state index is 9.09. The highest BCUT2D eigenvalue weighted by Crippen LogP contribution is 2.34. The topological polar surface area (TPSA) is 29.5 Å². The van der Waals surface area contributed by atoms with Crippen LogP contribution < -0.4 is 4.74 Å². The molecule has 0 radical (unpaired) electrons. The zero-order chi connectivity index (χ0) is 10.0. The summed E-state index contributed by atoms with van der Waals surface area (Å²) in [6, 6.07) is 1.94. The number of aliphatic hydroxyl groups is 1. The molecule has 0 aromatic heterocycles. The van der Waals surface area contributed by atoms with Crippen LogP contribution in [0, 0.1) is 13.8 Å². The Labute approximate surface area is 86.7 Å². The highest BCUT2D eigenvalue weighted by molar-refractivity contribution is 9.10. The van der Waals surface area contributed by atoms with Crippen LogP contribution in [-0.2, 0) is 6.61 Å². The van der Waals surface area contributed by atoms with Crippen LogP contribution in [-0.4, -0.2) is 12.2 Å². The molecule has 2 nitrogen and oxygen atoms in total. The largest absolute Gasteiger partial charge is 0.495 e. The molecule has 0 saturated heterocycles. The van der Waals surface area contributed by atoms with E-state index in [0.29, 0.717) is 0 Å². The molecule has 0 aliphatic carbocycles. The van der Waals surface area contributed by atoms with E-state index in [2.05, 4.69) is 15.9 Å². The van der Waals surface area contributed by atoms with Gasteiger partial charge >= 0.3 is 0 Å². The molecule has 0 unspecified atom stereocenters. The minimum atomic E-state index is 0.00287. The SMILES string of the molecule is COc1c(CO)cc(C)c(C)c1Br. The number of aliphatic hydroxyl groups excluding tert-OH is 1. The fourth-order valence-electron chi connectivity index (χ4n) is 1.26. The Balaban J connectivity index is 3.39. The van der Waals surface area contributed by atoms with Crippen molar-refractivity contribution < 1.29 is 9.84 Å². The first-order chi connectivity index (χ1) is 6.11. The third-order valence-electron chi connectivity index (χ3n) is 2.18. The van der Waals surface area contributed by atoms with E-state index in [1.54, 1.807) is 7.11 Å². The second kappa shape index (κ2) is 4.11. The summed E-state index contributed by atoms with van der Waals surface area (Å²) in [5.41, 5.74) is 3.11. The highest BCUT2D eigenvalue weighted by atomic mass is 79.9. The van der Waals surface area contributed by atoms with Crippen molar-refractivity contribution in [1.29, 1.82) is 0 Å². The average molecular weight is 245 g/mol. The molecule has 1 rings (SSSR count). The van der Waals surface area contributed by atoms with E-state index in [1.165, 1.54) is 0 Å². The maximum Gasteiger partial charge on any atom is 0.138 e. The van der Waals surface area contributed by atoms with E-state index in [-0.39, 0.29) is 6.61 Å². The summed E-state index contributed by atoms with van der Waals surface area (Å²) >= 11 is 3.45. The summed E-state index contributed by atoms with van der Waals surface area (Å²) in [4.78, 5) is 0. The van der Waals surface area contributed by atoms with E-state index >= 15 is 0 Å². The van der Waals surface area contributed by atoms with Crippen LogP contribution in [0.5, 0.6) is 5.75 Å². The quantitative estimate of drug-likeness (QED) is 0.867. The van der Waals surface area contributed by atoms with Crippen molar-refractivity contribution in [2.45, 2.75) is 20.5 Å². The number of methoxy groups -OCH3 is 1. The molecular formula is C10H13BrO2. The molecule has 0 heterocycles. The van der Waals surface area contributed by atoms with Crippen LogP contribution >= 0.6 is 15.9 Å². The lowest BCUT2D eigenvalue weighted by Crippen LogP contribution is -1.96. The van der Waals surface area contributed by atoms with Crippen molar-refractivity contribution in [2.24, 2.45) is 0 Å². The number of benzene rings is 1. The fourth-order valence-corrected chi connectivity index (χ4v) is 1.99. The molecular weight excluding hydrogens is 232 g/mol. The van der Waals surface area contributed by atoms with Crippen molar-refractivity contribution in [3.05, 3.63) is 27.2 Å². The third-order valence-corrected chi connectivity index (χ3v) is 3.13. The first-order valence-electron chi connectivity index (χ1n) is 4.05. The summed E-state index contributed by atoms with van der Waals surface area (Å²) in [5.74, 6) is 0.727. The normalized spacial score (nSPS) is 10.2. The van der Waals surface area contributed by atoms with Crippen LogP contribution in [0.25, 0.3) is 0 Å². The predicted octanol–water partition coefficient (Wildman–Crippen LogP) is 2.57. The van der Waals surface area contributed by atoms with Gasteiger partial charge in [-0.3, -0.25) is 0 Å². The third kappa shape index (κ3) is 1.86. The van der Waals surface area contributed by atoms with Gasteiger partial charge in [-0.05, 0) is 47.0 Å². The highest BCUT2D eigenvalue weighted by Gasteiger charge is 2.11. The molecule has 0 fully saturated rings. The minimum absolute atomic E-state index is 0.00287. The first kappa shape index (κ1) is 10.5. The molecule has 0 atom stereocenters. The molecule has 3 heteroatoms. The van der Waals surface area contributed by atoms with Gasteiger partial charge < -0.3 is 9.84 Å². The van der Waals surface area contributed by atoms with E-state index in [9.17, 15) is 0 Å². The molecule has 13 heavy (non-hydrogen) atoms. The van der Waals surface area contributed by atoms with Crippen LogP contribution in [0.1, 0.15) is 16.7 Å². The molecule has 1 aromatic rings. The van der Waals surface area contributed by atoms with Crippen LogP contribution in [0.15, 0.2) is 10.5 Å². The second-order valence-electron chi connectivity index (χ2n) is 2.98. The van der Waals surface area contributed by atoms with Gasteiger partial charge in [-0.1, -0.05) is 0 Å². The lowest BCUT2D eigenvalue weighted by molar-refractivity contribution is 0.273. The number of hydrogen-bond acceptors (Lipinski definition) is 2. The number of rotatable bonds is 2. The Hall–Kier alpha value is -0.540. The first-order valence-corrected chi connectivity index (χ1v) is 4.84. The summed E-state index contributed by atoms with van der Waals surface area (Å²) in [6.07, 6.45) is 0. The van der Waals surface area contributed by atoms with Gasteiger partial charge in [0.2, 0.25) is 0 Å². The van der Waals surface area contributed by atoms with Crippen LogP contribution in [0.2, 0.25) is 0 Å². The van der Waals surface area contributed by atoms with Crippen molar-refractivity contribution >= 4 is 15.9 Å². The molecule has 72 valence electrons. The van der Waals surface area contributed by atoms with Crippen molar-refractivity contribution in [1.82, 2.24) is 0 Å². The van der Waals surface area contributed by atoms with Gasteiger partial charge in [0.25, 0.3) is 0 Å². The number of ether oxygens (including phenoxy) is 1. The molecule has 0 saturated carbocycles. The van der Waals surface area contributed by atoms with Crippen LogP contribution in [0.3, 0.4) is 0 Å². The molecule has 0 aliphatic heterocycles. The van der Waals surface area contributed by atoms with Gasteiger partial charge in [0.15, 0.2) is 0 Å². The Morgan fingerprint density at radius 1 is 1.46 bits per heavy atom. The molecule has 1 aromatic carbocycles. The van der Waals surface area contributed by atoms with Gasteiger partial charge in [0, 0.05) is 5.56 Å². The standard InChI is InChI=1S/C10H13BrO2/c1-6-4-8(5-12)10(13-3)9(11)7(6)2/h4,12H,5H2,1-3H3. The Bertz CT molecular complexity index is 321.